The fourth-order valence-electron chi connectivity index (χ4n) is 2.56. The zero-order valence-electron chi connectivity index (χ0n) is 12.5. The number of carbonyl (C=O) groups is 2. The number of likely N-dealkylation sites (N-methyl/N-ethyl adjacent to an activating group) is 1. The summed E-state index contributed by atoms with van der Waals surface area (Å²) in [5, 5.41) is 6.11. The van der Waals surface area contributed by atoms with Crippen LogP contribution in [0.15, 0.2) is 0 Å². The summed E-state index contributed by atoms with van der Waals surface area (Å²) in [6.45, 7) is 10.8. The van der Waals surface area contributed by atoms with Crippen LogP contribution in [0, 0.1) is 11.8 Å². The van der Waals surface area contributed by atoms with E-state index in [1.165, 1.54) is 0 Å². The molecule has 0 aromatic heterocycles. The van der Waals surface area contributed by atoms with E-state index >= 15 is 0 Å². The third-order valence-electron chi connectivity index (χ3n) is 3.75. The van der Waals surface area contributed by atoms with Gasteiger partial charge in [0.2, 0.25) is 11.8 Å². The van der Waals surface area contributed by atoms with E-state index in [2.05, 4.69) is 17.6 Å². The Hall–Kier alpha value is -1.10. The molecule has 3 atom stereocenters. The Kier molecular flexibility index (Phi) is 6.28. The predicted molar refractivity (Wildman–Crippen MR) is 75.7 cm³/mol. The Bertz CT molecular complexity index is 316. The summed E-state index contributed by atoms with van der Waals surface area (Å²) in [6.07, 6.45) is 0.894. The van der Waals surface area contributed by atoms with Gasteiger partial charge in [0.05, 0.1) is 5.92 Å². The largest absolute Gasteiger partial charge is 0.344 e. The number of nitrogens with zero attached hydrogens (tertiary/aromatic N) is 1. The Morgan fingerprint density at radius 1 is 1.32 bits per heavy atom. The monoisotopic (exact) mass is 269 g/mol. The molecular formula is C14H27N3O2. The maximum atomic E-state index is 12.1. The van der Waals surface area contributed by atoms with Crippen molar-refractivity contribution in [3.05, 3.63) is 0 Å². The summed E-state index contributed by atoms with van der Waals surface area (Å²) in [5.41, 5.74) is 0. The molecule has 3 unspecified atom stereocenters. The molecule has 0 bridgehead atoms. The first-order chi connectivity index (χ1) is 8.99. The number of hydrogen-bond acceptors (Lipinski definition) is 3. The third kappa shape index (κ3) is 4.49. The first-order valence-electron chi connectivity index (χ1n) is 7.29. The minimum absolute atomic E-state index is 0.00447. The van der Waals surface area contributed by atoms with Gasteiger partial charge in [-0.15, -0.1) is 0 Å². The molecule has 1 fully saturated rings. The lowest BCUT2D eigenvalue weighted by Gasteiger charge is -2.29. The van der Waals surface area contributed by atoms with Crippen molar-refractivity contribution in [2.45, 2.75) is 40.2 Å². The van der Waals surface area contributed by atoms with Crippen LogP contribution in [0.5, 0.6) is 0 Å². The van der Waals surface area contributed by atoms with Gasteiger partial charge in [0.15, 0.2) is 0 Å². The van der Waals surface area contributed by atoms with Gasteiger partial charge in [-0.2, -0.15) is 0 Å². The summed E-state index contributed by atoms with van der Waals surface area (Å²) in [6, 6.07) is -0.440. The van der Waals surface area contributed by atoms with E-state index in [1.807, 2.05) is 13.8 Å². The van der Waals surface area contributed by atoms with Gasteiger partial charge in [-0.05, 0) is 39.7 Å². The van der Waals surface area contributed by atoms with Gasteiger partial charge >= 0.3 is 0 Å². The predicted octanol–water partition coefficient (Wildman–Crippen LogP) is 0.605. The molecule has 1 rings (SSSR count). The molecule has 0 spiro atoms. The van der Waals surface area contributed by atoms with Crippen LogP contribution in [0.1, 0.15) is 34.1 Å². The third-order valence-corrected chi connectivity index (χ3v) is 3.75. The van der Waals surface area contributed by atoms with Gasteiger partial charge < -0.3 is 15.5 Å². The topological polar surface area (TPSA) is 61.4 Å². The molecule has 5 nitrogen and oxygen atoms in total. The maximum absolute atomic E-state index is 12.1. The molecule has 0 aromatic rings. The van der Waals surface area contributed by atoms with Gasteiger partial charge in [-0.25, -0.2) is 0 Å². The van der Waals surface area contributed by atoms with E-state index in [0.29, 0.717) is 25.6 Å². The first-order valence-corrected chi connectivity index (χ1v) is 7.29. The van der Waals surface area contributed by atoms with Gasteiger partial charge in [0.1, 0.15) is 6.04 Å². The summed E-state index contributed by atoms with van der Waals surface area (Å²) in [7, 11) is 0. The molecule has 110 valence electrons. The molecule has 0 radical (unpaired) electrons. The van der Waals surface area contributed by atoms with E-state index in [-0.39, 0.29) is 17.7 Å². The second kappa shape index (κ2) is 7.48. The molecule has 2 N–H and O–H groups in total. The molecule has 1 aliphatic heterocycles. The second-order valence-electron chi connectivity index (χ2n) is 5.44. The van der Waals surface area contributed by atoms with Crippen LogP contribution in [0.4, 0.5) is 0 Å². The fraction of sp³-hybridized carbons (Fsp3) is 0.857. The average molecular weight is 269 g/mol. The summed E-state index contributed by atoms with van der Waals surface area (Å²) < 4.78 is 0. The van der Waals surface area contributed by atoms with Crippen LogP contribution < -0.4 is 10.6 Å². The molecule has 1 saturated heterocycles. The molecule has 1 heterocycles. The van der Waals surface area contributed by atoms with Crippen molar-refractivity contribution in [1.29, 1.82) is 0 Å². The average Bonchev–Trinajstić information content (AvgIpc) is 2.39. The molecular weight excluding hydrogens is 242 g/mol. The van der Waals surface area contributed by atoms with Gasteiger partial charge in [-0.3, -0.25) is 9.59 Å². The van der Waals surface area contributed by atoms with E-state index in [4.69, 9.17) is 0 Å². The van der Waals surface area contributed by atoms with Crippen LogP contribution in [-0.4, -0.2) is 48.9 Å². The number of rotatable bonds is 5. The van der Waals surface area contributed by atoms with E-state index < -0.39 is 6.04 Å². The van der Waals surface area contributed by atoms with Gasteiger partial charge in [-0.1, -0.05) is 6.92 Å². The lowest BCUT2D eigenvalue weighted by atomic mass is 9.91. The smallest absolute Gasteiger partial charge is 0.244 e. The highest BCUT2D eigenvalue weighted by molar-refractivity contribution is 5.88. The highest BCUT2D eigenvalue weighted by atomic mass is 16.2. The standard InChI is InChI=1S/C14H27N3O2/c1-5-17(6-2)14(19)11(4)16-13(18)12-7-10(3)8-15-9-12/h10-12,15H,5-9H2,1-4H3,(H,16,18). The molecule has 1 aliphatic rings. The van der Waals surface area contributed by atoms with Crippen LogP contribution in [-0.2, 0) is 9.59 Å². The van der Waals surface area contributed by atoms with Crippen LogP contribution in [0.25, 0.3) is 0 Å². The lowest BCUT2D eigenvalue weighted by molar-refractivity contribution is -0.137. The Morgan fingerprint density at radius 2 is 1.95 bits per heavy atom. The Morgan fingerprint density at radius 3 is 2.47 bits per heavy atom. The minimum Gasteiger partial charge on any atom is -0.344 e. The fourth-order valence-corrected chi connectivity index (χ4v) is 2.56. The number of nitrogens with one attached hydrogen (secondary N) is 2. The van der Waals surface area contributed by atoms with Crippen molar-refractivity contribution in [3.63, 3.8) is 0 Å². The zero-order valence-corrected chi connectivity index (χ0v) is 12.5. The molecule has 0 aromatic carbocycles. The molecule has 0 saturated carbocycles. The minimum atomic E-state index is -0.440. The number of amides is 2. The van der Waals surface area contributed by atoms with E-state index in [0.717, 1.165) is 13.0 Å². The normalized spacial score (nSPS) is 24.6. The molecule has 5 heteroatoms. The van der Waals surface area contributed by atoms with Crippen molar-refractivity contribution >= 4 is 11.8 Å². The molecule has 2 amide bonds. The Balaban J connectivity index is 2.49. The van der Waals surface area contributed by atoms with Crippen molar-refractivity contribution in [3.8, 4) is 0 Å². The molecule has 0 aliphatic carbocycles. The lowest BCUT2D eigenvalue weighted by Crippen LogP contribution is -2.51. The van der Waals surface area contributed by atoms with Crippen LogP contribution >= 0.6 is 0 Å². The Labute approximate surface area is 116 Å². The van der Waals surface area contributed by atoms with Gasteiger partial charge in [0, 0.05) is 19.6 Å². The summed E-state index contributed by atoms with van der Waals surface area (Å²) in [4.78, 5) is 26.0. The number of piperidine rings is 1. The SMILES string of the molecule is CCN(CC)C(=O)C(C)NC(=O)C1CNCC(C)C1. The highest BCUT2D eigenvalue weighted by Gasteiger charge is 2.27. The summed E-state index contributed by atoms with van der Waals surface area (Å²) in [5.74, 6) is 0.483. The van der Waals surface area contributed by atoms with Crippen molar-refractivity contribution in [2.75, 3.05) is 26.2 Å². The van der Waals surface area contributed by atoms with Crippen LogP contribution in [0.2, 0.25) is 0 Å². The van der Waals surface area contributed by atoms with Crippen LogP contribution in [0.3, 0.4) is 0 Å². The highest BCUT2D eigenvalue weighted by Crippen LogP contribution is 2.16. The number of carbonyl (C=O) groups excluding carboxylic acids is 2. The number of hydrogen-bond donors (Lipinski definition) is 2. The van der Waals surface area contributed by atoms with Crippen molar-refractivity contribution in [2.24, 2.45) is 11.8 Å². The van der Waals surface area contributed by atoms with Crippen molar-refractivity contribution in [1.82, 2.24) is 15.5 Å². The van der Waals surface area contributed by atoms with Gasteiger partial charge in [0.25, 0.3) is 0 Å². The molecule has 19 heavy (non-hydrogen) atoms. The first kappa shape index (κ1) is 16.0. The maximum Gasteiger partial charge on any atom is 0.244 e. The van der Waals surface area contributed by atoms with E-state index in [1.54, 1.807) is 11.8 Å². The quantitative estimate of drug-likeness (QED) is 0.768. The van der Waals surface area contributed by atoms with E-state index in [9.17, 15) is 9.59 Å². The zero-order chi connectivity index (χ0) is 14.4. The van der Waals surface area contributed by atoms with Crippen molar-refractivity contribution < 1.29 is 9.59 Å². The second-order valence-corrected chi connectivity index (χ2v) is 5.44. The summed E-state index contributed by atoms with van der Waals surface area (Å²) >= 11 is 0.